The molecule has 0 N–H and O–H groups in total. The van der Waals surface area contributed by atoms with Gasteiger partial charge in [-0.25, -0.2) is 4.39 Å². The van der Waals surface area contributed by atoms with E-state index in [4.69, 9.17) is 4.74 Å². The van der Waals surface area contributed by atoms with Crippen molar-refractivity contribution < 1.29 is 18.4 Å². The van der Waals surface area contributed by atoms with Crippen LogP contribution in [0.15, 0.2) is 34.8 Å². The number of halogens is 3. The molecular formula is C13H8BrF2NO3. The maximum atomic E-state index is 13.7. The van der Waals surface area contributed by atoms with Crippen LogP contribution < -0.4 is 4.74 Å². The first-order chi connectivity index (χ1) is 9.40. The molecule has 0 aromatic heterocycles. The van der Waals surface area contributed by atoms with Crippen LogP contribution in [0.1, 0.15) is 5.56 Å². The van der Waals surface area contributed by atoms with E-state index in [1.807, 2.05) is 0 Å². The topological polar surface area (TPSA) is 52.4 Å². The highest BCUT2D eigenvalue weighted by molar-refractivity contribution is 9.10. The van der Waals surface area contributed by atoms with Gasteiger partial charge in [0.2, 0.25) is 11.6 Å². The average Bonchev–Trinajstić information content (AvgIpc) is 2.39. The highest BCUT2D eigenvalue weighted by Gasteiger charge is 2.24. The maximum absolute atomic E-state index is 13.7. The number of hydrogen-bond donors (Lipinski definition) is 0. The Morgan fingerprint density at radius 2 is 1.95 bits per heavy atom. The Morgan fingerprint density at radius 1 is 1.25 bits per heavy atom. The first-order valence-corrected chi connectivity index (χ1v) is 6.26. The molecule has 0 aliphatic carbocycles. The molecule has 0 atom stereocenters. The second-order valence-corrected chi connectivity index (χ2v) is 4.89. The van der Waals surface area contributed by atoms with Crippen LogP contribution in [0.3, 0.4) is 0 Å². The minimum atomic E-state index is -1.39. The molecule has 2 aromatic rings. The zero-order chi connectivity index (χ0) is 14.9. The Hall–Kier alpha value is -2.02. The van der Waals surface area contributed by atoms with Crippen molar-refractivity contribution in [3.8, 4) is 11.5 Å². The van der Waals surface area contributed by atoms with Crippen molar-refractivity contribution in [2.45, 2.75) is 6.92 Å². The first kappa shape index (κ1) is 14.4. The molecule has 0 amide bonds. The van der Waals surface area contributed by atoms with Crippen molar-refractivity contribution in [2.24, 2.45) is 0 Å². The minimum Gasteiger partial charge on any atom is -0.447 e. The van der Waals surface area contributed by atoms with Gasteiger partial charge in [0.15, 0.2) is 5.82 Å². The summed E-state index contributed by atoms with van der Waals surface area (Å²) in [5, 5.41) is 10.9. The molecule has 0 fully saturated rings. The predicted octanol–water partition coefficient (Wildman–Crippen LogP) is 4.74. The van der Waals surface area contributed by atoms with E-state index in [1.165, 1.54) is 6.07 Å². The number of nitro groups is 1. The van der Waals surface area contributed by atoms with Gasteiger partial charge in [-0.2, -0.15) is 4.39 Å². The van der Waals surface area contributed by atoms with Gasteiger partial charge in [0, 0.05) is 10.5 Å². The second-order valence-electron chi connectivity index (χ2n) is 3.98. The van der Waals surface area contributed by atoms with E-state index < -0.39 is 28.0 Å². The molecule has 0 radical (unpaired) electrons. The molecule has 0 aliphatic heterocycles. The van der Waals surface area contributed by atoms with E-state index >= 15 is 0 Å². The van der Waals surface area contributed by atoms with Crippen molar-refractivity contribution in [3.63, 3.8) is 0 Å². The molecule has 20 heavy (non-hydrogen) atoms. The number of hydrogen-bond acceptors (Lipinski definition) is 3. The third kappa shape index (κ3) is 2.77. The van der Waals surface area contributed by atoms with E-state index in [-0.39, 0.29) is 5.75 Å². The van der Waals surface area contributed by atoms with E-state index in [2.05, 4.69) is 15.9 Å². The highest BCUT2D eigenvalue weighted by Crippen LogP contribution is 2.37. The normalized spacial score (nSPS) is 10.4. The van der Waals surface area contributed by atoms with Gasteiger partial charge in [-0.3, -0.25) is 10.1 Å². The van der Waals surface area contributed by atoms with Crippen molar-refractivity contribution in [1.82, 2.24) is 0 Å². The van der Waals surface area contributed by atoms with E-state index in [0.717, 1.165) is 6.07 Å². The van der Waals surface area contributed by atoms with E-state index in [9.17, 15) is 18.9 Å². The molecule has 0 aliphatic rings. The number of nitrogens with zero attached hydrogens (tertiary/aromatic N) is 1. The van der Waals surface area contributed by atoms with Crippen LogP contribution in [0.4, 0.5) is 14.5 Å². The Balaban J connectivity index is 2.55. The Kier molecular flexibility index (Phi) is 3.99. The molecule has 2 aromatic carbocycles. The van der Waals surface area contributed by atoms with Crippen LogP contribution in [0.2, 0.25) is 0 Å². The van der Waals surface area contributed by atoms with Gasteiger partial charge in [0.1, 0.15) is 5.75 Å². The number of ether oxygens (including phenoxy) is 1. The molecule has 0 bridgehead atoms. The molecule has 0 unspecified atom stereocenters. The van der Waals surface area contributed by atoms with Crippen molar-refractivity contribution in [3.05, 3.63) is 62.1 Å². The van der Waals surface area contributed by atoms with Gasteiger partial charge >= 0.3 is 5.69 Å². The molecule has 4 nitrogen and oxygen atoms in total. The monoisotopic (exact) mass is 343 g/mol. The molecule has 104 valence electrons. The smallest absolute Gasteiger partial charge is 0.314 e. The summed E-state index contributed by atoms with van der Waals surface area (Å²) < 4.78 is 32.8. The number of nitro benzene ring substituents is 1. The summed E-state index contributed by atoms with van der Waals surface area (Å²) in [7, 11) is 0. The number of aryl methyl sites for hydroxylation is 1. The van der Waals surface area contributed by atoms with Crippen LogP contribution in [-0.4, -0.2) is 4.92 Å². The Labute approximate surface area is 121 Å². The summed E-state index contributed by atoms with van der Waals surface area (Å²) >= 11 is 3.21. The zero-order valence-corrected chi connectivity index (χ0v) is 11.8. The first-order valence-electron chi connectivity index (χ1n) is 5.46. The molecular weight excluding hydrogens is 336 g/mol. The van der Waals surface area contributed by atoms with Gasteiger partial charge in [0.05, 0.1) is 4.92 Å². The molecule has 7 heteroatoms. The van der Waals surface area contributed by atoms with Crippen LogP contribution >= 0.6 is 15.9 Å². The van der Waals surface area contributed by atoms with Crippen molar-refractivity contribution in [1.29, 1.82) is 0 Å². The van der Waals surface area contributed by atoms with E-state index in [0.29, 0.717) is 16.1 Å². The average molecular weight is 344 g/mol. The third-order valence-corrected chi connectivity index (χ3v) is 3.08. The molecule has 0 saturated carbocycles. The van der Waals surface area contributed by atoms with E-state index in [1.54, 1.807) is 19.1 Å². The molecule has 0 saturated heterocycles. The summed E-state index contributed by atoms with van der Waals surface area (Å²) in [5.41, 5.74) is -0.00515. The standard InChI is InChI=1S/C13H8BrF2NO3/c1-7-2-3-8(14)6-11(7)20-13-10(17(18)19)5-4-9(15)12(13)16/h2-6H,1H3. The van der Waals surface area contributed by atoms with Crippen molar-refractivity contribution >= 4 is 21.6 Å². The van der Waals surface area contributed by atoms with Crippen molar-refractivity contribution in [2.75, 3.05) is 0 Å². The largest absolute Gasteiger partial charge is 0.447 e. The summed E-state index contributed by atoms with van der Waals surface area (Å²) in [6, 6.07) is 6.49. The maximum Gasteiger partial charge on any atom is 0.314 e. The minimum absolute atomic E-state index is 0.201. The quantitative estimate of drug-likeness (QED) is 0.597. The zero-order valence-electron chi connectivity index (χ0n) is 10.2. The van der Waals surface area contributed by atoms with Crippen LogP contribution in [-0.2, 0) is 0 Å². The van der Waals surface area contributed by atoms with Crippen LogP contribution in [0.5, 0.6) is 11.5 Å². The summed E-state index contributed by atoms with van der Waals surface area (Å²) in [5.74, 6) is -3.14. The SMILES string of the molecule is Cc1ccc(Br)cc1Oc1c([N+](=O)[O-])ccc(F)c1F. The van der Waals surface area contributed by atoms with Crippen LogP contribution in [0.25, 0.3) is 0 Å². The fourth-order valence-corrected chi connectivity index (χ4v) is 1.90. The van der Waals surface area contributed by atoms with Crippen LogP contribution in [0, 0.1) is 28.7 Å². The number of benzene rings is 2. The Morgan fingerprint density at radius 3 is 2.60 bits per heavy atom. The lowest BCUT2D eigenvalue weighted by molar-refractivity contribution is -0.385. The Bertz CT molecular complexity index is 692. The summed E-state index contributed by atoms with van der Waals surface area (Å²) in [6.45, 7) is 1.69. The van der Waals surface area contributed by atoms with Gasteiger partial charge in [-0.05, 0) is 30.7 Å². The lowest BCUT2D eigenvalue weighted by atomic mass is 10.2. The summed E-state index contributed by atoms with van der Waals surface area (Å²) in [6.07, 6.45) is 0. The van der Waals surface area contributed by atoms with Gasteiger partial charge in [0.25, 0.3) is 0 Å². The highest BCUT2D eigenvalue weighted by atomic mass is 79.9. The lowest BCUT2D eigenvalue weighted by Gasteiger charge is -2.10. The fourth-order valence-electron chi connectivity index (χ4n) is 1.56. The predicted molar refractivity (Wildman–Crippen MR) is 72.0 cm³/mol. The third-order valence-electron chi connectivity index (χ3n) is 2.59. The molecule has 0 spiro atoms. The summed E-state index contributed by atoms with van der Waals surface area (Å²) in [4.78, 5) is 10.0. The number of rotatable bonds is 3. The fraction of sp³-hybridized carbons (Fsp3) is 0.0769. The van der Waals surface area contributed by atoms with Gasteiger partial charge in [-0.1, -0.05) is 22.0 Å². The van der Waals surface area contributed by atoms with Gasteiger partial charge < -0.3 is 4.74 Å². The molecule has 2 rings (SSSR count). The lowest BCUT2D eigenvalue weighted by Crippen LogP contribution is -1.99. The van der Waals surface area contributed by atoms with Gasteiger partial charge in [-0.15, -0.1) is 0 Å². The second kappa shape index (κ2) is 5.54. The molecule has 0 heterocycles.